The van der Waals surface area contributed by atoms with E-state index in [4.69, 9.17) is 16.1 Å². The van der Waals surface area contributed by atoms with Crippen molar-refractivity contribution >= 4 is 39.5 Å². The third kappa shape index (κ3) is 5.12. The van der Waals surface area contributed by atoms with Crippen LogP contribution in [0.2, 0.25) is 0 Å². The Morgan fingerprint density at radius 1 is 1.43 bits per heavy atom. The van der Waals surface area contributed by atoms with Crippen LogP contribution in [0.1, 0.15) is 12.0 Å². The minimum atomic E-state index is -1.44. The molecule has 1 aromatic rings. The van der Waals surface area contributed by atoms with E-state index in [1.165, 1.54) is 12.1 Å². The molecule has 0 saturated carbocycles. The first-order chi connectivity index (χ1) is 9.83. The van der Waals surface area contributed by atoms with Crippen molar-refractivity contribution in [1.29, 1.82) is 5.26 Å². The minimum Gasteiger partial charge on any atom is -0.480 e. The maximum absolute atomic E-state index is 11.7. The van der Waals surface area contributed by atoms with Gasteiger partial charge in [0.1, 0.15) is 12.1 Å². The van der Waals surface area contributed by atoms with Crippen LogP contribution in [0.4, 0.5) is 10.5 Å². The van der Waals surface area contributed by atoms with Gasteiger partial charge in [-0.3, -0.25) is 4.79 Å². The molecule has 1 atom stereocenters. The van der Waals surface area contributed by atoms with Gasteiger partial charge in [-0.05, 0) is 18.2 Å². The van der Waals surface area contributed by atoms with Crippen molar-refractivity contribution in [2.75, 3.05) is 5.32 Å². The molecular weight excluding hydrogens is 344 g/mol. The molecule has 0 spiro atoms. The summed E-state index contributed by atoms with van der Waals surface area (Å²) in [7, 11) is 0. The van der Waals surface area contributed by atoms with Crippen LogP contribution in [0.5, 0.6) is 0 Å². The highest BCUT2D eigenvalue weighted by Crippen LogP contribution is 2.20. The summed E-state index contributed by atoms with van der Waals surface area (Å²) in [5, 5.41) is 22.2. The largest absolute Gasteiger partial charge is 0.480 e. The van der Waals surface area contributed by atoms with Crippen molar-refractivity contribution < 1.29 is 19.5 Å². The van der Waals surface area contributed by atoms with E-state index in [2.05, 4.69) is 26.6 Å². The van der Waals surface area contributed by atoms with Gasteiger partial charge in [0.2, 0.25) is 5.91 Å². The van der Waals surface area contributed by atoms with Crippen molar-refractivity contribution in [3.05, 3.63) is 28.2 Å². The lowest BCUT2D eigenvalue weighted by Gasteiger charge is -2.14. The van der Waals surface area contributed by atoms with E-state index in [0.29, 0.717) is 4.47 Å². The van der Waals surface area contributed by atoms with Crippen LogP contribution in [-0.2, 0) is 9.59 Å². The molecule has 0 aliphatic heterocycles. The van der Waals surface area contributed by atoms with Crippen LogP contribution in [0.3, 0.4) is 0 Å². The Morgan fingerprint density at radius 3 is 2.62 bits per heavy atom. The number of primary amides is 1. The van der Waals surface area contributed by atoms with Crippen molar-refractivity contribution in [3.8, 4) is 6.07 Å². The predicted molar refractivity (Wildman–Crippen MR) is 76.2 cm³/mol. The number of nitrogens with two attached hydrogens (primary N) is 1. The van der Waals surface area contributed by atoms with Gasteiger partial charge in [-0.15, -0.1) is 0 Å². The number of anilines is 1. The standard InChI is InChI=1S/C12H11BrN4O4/c13-7-1-2-8(6(3-7)5-14)16-12(21)17-9(11(19)20)4-10(15)18/h1-3,9H,4H2,(H2,15,18)(H,19,20)(H2,16,17,21)/t9-/m0/s1. The van der Waals surface area contributed by atoms with Crippen LogP contribution in [0.25, 0.3) is 0 Å². The number of nitriles is 1. The molecule has 0 unspecified atom stereocenters. The summed E-state index contributed by atoms with van der Waals surface area (Å²) < 4.78 is 0.655. The third-order valence-electron chi connectivity index (χ3n) is 2.36. The van der Waals surface area contributed by atoms with Gasteiger partial charge in [0.05, 0.1) is 17.7 Å². The Balaban J connectivity index is 2.79. The summed E-state index contributed by atoms with van der Waals surface area (Å²) in [6.07, 6.45) is -0.534. The van der Waals surface area contributed by atoms with E-state index >= 15 is 0 Å². The zero-order valence-corrected chi connectivity index (χ0v) is 12.2. The Labute approximate surface area is 128 Å². The zero-order valence-electron chi connectivity index (χ0n) is 10.6. The SMILES string of the molecule is N#Cc1cc(Br)ccc1NC(=O)N[C@@H](CC(N)=O)C(=O)O. The maximum Gasteiger partial charge on any atom is 0.326 e. The second-order valence-corrected chi connectivity index (χ2v) is 4.88. The first kappa shape index (κ1) is 16.5. The molecule has 0 bridgehead atoms. The monoisotopic (exact) mass is 354 g/mol. The normalized spacial score (nSPS) is 11.0. The fourth-order valence-corrected chi connectivity index (χ4v) is 1.80. The second-order valence-electron chi connectivity index (χ2n) is 3.96. The number of carbonyl (C=O) groups excluding carboxylic acids is 2. The van der Waals surface area contributed by atoms with Crippen LogP contribution < -0.4 is 16.4 Å². The van der Waals surface area contributed by atoms with Crippen molar-refractivity contribution in [3.63, 3.8) is 0 Å². The molecular formula is C12H11BrN4O4. The number of benzene rings is 1. The fraction of sp³-hybridized carbons (Fsp3) is 0.167. The molecule has 1 aromatic carbocycles. The minimum absolute atomic E-state index is 0.196. The molecule has 21 heavy (non-hydrogen) atoms. The number of carbonyl (C=O) groups is 3. The molecule has 0 aliphatic rings. The molecule has 0 fully saturated rings. The molecule has 0 radical (unpaired) electrons. The molecule has 0 heterocycles. The second kappa shape index (κ2) is 7.25. The third-order valence-corrected chi connectivity index (χ3v) is 2.85. The molecule has 0 aromatic heterocycles. The zero-order chi connectivity index (χ0) is 16.0. The highest BCUT2D eigenvalue weighted by Gasteiger charge is 2.22. The summed E-state index contributed by atoms with van der Waals surface area (Å²) >= 11 is 3.18. The lowest BCUT2D eigenvalue weighted by Crippen LogP contribution is -2.45. The topological polar surface area (TPSA) is 145 Å². The number of carboxylic acids is 1. The van der Waals surface area contributed by atoms with Gasteiger partial charge in [-0.25, -0.2) is 9.59 Å². The molecule has 8 nitrogen and oxygen atoms in total. The lowest BCUT2D eigenvalue weighted by molar-refractivity contribution is -0.140. The number of hydrogen-bond donors (Lipinski definition) is 4. The Hall–Kier alpha value is -2.60. The molecule has 0 aliphatic carbocycles. The van der Waals surface area contributed by atoms with Crippen LogP contribution in [0.15, 0.2) is 22.7 Å². The average Bonchev–Trinajstić information content (AvgIpc) is 2.39. The number of nitrogens with one attached hydrogen (secondary N) is 2. The van der Waals surface area contributed by atoms with E-state index in [1.807, 2.05) is 6.07 Å². The summed E-state index contributed by atoms with van der Waals surface area (Å²) in [6, 6.07) is 4.16. The number of hydrogen-bond acceptors (Lipinski definition) is 4. The summed E-state index contributed by atoms with van der Waals surface area (Å²) in [6.45, 7) is 0. The Kier molecular flexibility index (Phi) is 5.68. The predicted octanol–water partition coefficient (Wildman–Crippen LogP) is 0.771. The van der Waals surface area contributed by atoms with Gasteiger partial charge < -0.3 is 21.5 Å². The molecule has 110 valence electrons. The van der Waals surface area contributed by atoms with Gasteiger partial charge in [-0.2, -0.15) is 5.26 Å². The number of urea groups is 1. The smallest absolute Gasteiger partial charge is 0.326 e. The lowest BCUT2D eigenvalue weighted by atomic mass is 10.2. The summed E-state index contributed by atoms with van der Waals surface area (Å²) in [4.78, 5) is 33.3. The van der Waals surface area contributed by atoms with Gasteiger partial charge in [0.25, 0.3) is 0 Å². The van der Waals surface area contributed by atoms with Crippen molar-refractivity contribution in [2.45, 2.75) is 12.5 Å². The highest BCUT2D eigenvalue weighted by atomic mass is 79.9. The Bertz CT molecular complexity index is 626. The molecule has 0 saturated heterocycles. The quantitative estimate of drug-likeness (QED) is 0.616. The van der Waals surface area contributed by atoms with E-state index in [9.17, 15) is 14.4 Å². The number of aliphatic carboxylic acids is 1. The molecule has 9 heteroatoms. The molecule has 1 rings (SSSR count). The van der Waals surface area contributed by atoms with Crippen LogP contribution in [-0.4, -0.2) is 29.1 Å². The van der Waals surface area contributed by atoms with E-state index < -0.39 is 30.4 Å². The van der Waals surface area contributed by atoms with Gasteiger partial charge in [-0.1, -0.05) is 15.9 Å². The van der Waals surface area contributed by atoms with Crippen LogP contribution >= 0.6 is 15.9 Å². The fourth-order valence-electron chi connectivity index (χ4n) is 1.44. The number of carboxylic acid groups (broad SMARTS) is 1. The summed E-state index contributed by atoms with van der Waals surface area (Å²) in [5.74, 6) is -2.25. The maximum atomic E-state index is 11.7. The summed E-state index contributed by atoms with van der Waals surface area (Å²) in [5.41, 5.74) is 5.30. The van der Waals surface area contributed by atoms with Gasteiger partial charge in [0, 0.05) is 4.47 Å². The molecule has 3 amide bonds. The Morgan fingerprint density at radius 2 is 2.10 bits per heavy atom. The number of halogens is 1. The van der Waals surface area contributed by atoms with Gasteiger partial charge >= 0.3 is 12.0 Å². The van der Waals surface area contributed by atoms with Gasteiger partial charge in [0.15, 0.2) is 0 Å². The number of nitrogens with zero attached hydrogens (tertiary/aromatic N) is 1. The first-order valence-electron chi connectivity index (χ1n) is 5.61. The first-order valence-corrected chi connectivity index (χ1v) is 6.41. The van der Waals surface area contributed by atoms with Crippen LogP contribution in [0, 0.1) is 11.3 Å². The van der Waals surface area contributed by atoms with Crippen molar-refractivity contribution in [2.24, 2.45) is 5.73 Å². The highest BCUT2D eigenvalue weighted by molar-refractivity contribution is 9.10. The van der Waals surface area contributed by atoms with E-state index in [-0.39, 0.29) is 11.3 Å². The number of rotatable bonds is 5. The number of amides is 3. The van der Waals surface area contributed by atoms with Crippen molar-refractivity contribution in [1.82, 2.24) is 5.32 Å². The van der Waals surface area contributed by atoms with E-state index in [0.717, 1.165) is 0 Å². The van der Waals surface area contributed by atoms with E-state index in [1.54, 1.807) is 6.07 Å². The molecule has 5 N–H and O–H groups in total. The average molecular weight is 355 g/mol.